The molecule has 1 fully saturated rings. The van der Waals surface area contributed by atoms with E-state index < -0.39 is 6.10 Å². The number of nitrogens with one attached hydrogen (secondary N) is 1. The van der Waals surface area contributed by atoms with Gasteiger partial charge in [-0.25, -0.2) is 4.79 Å². The third-order valence-electron chi connectivity index (χ3n) is 6.74. The summed E-state index contributed by atoms with van der Waals surface area (Å²) in [7, 11) is 0. The number of rotatable bonds is 13. The van der Waals surface area contributed by atoms with Gasteiger partial charge in [-0.2, -0.15) is 0 Å². The van der Waals surface area contributed by atoms with Gasteiger partial charge in [0.2, 0.25) is 0 Å². The van der Waals surface area contributed by atoms with Crippen molar-refractivity contribution in [2.24, 2.45) is 5.92 Å². The fraction of sp³-hybridized carbons (Fsp3) is 0.533. The lowest BCUT2D eigenvalue weighted by molar-refractivity contribution is -0.156. The van der Waals surface area contributed by atoms with Gasteiger partial charge >= 0.3 is 5.97 Å². The Labute approximate surface area is 221 Å². The minimum absolute atomic E-state index is 0.108. The van der Waals surface area contributed by atoms with Crippen LogP contribution in [0.4, 0.5) is 0 Å². The van der Waals surface area contributed by atoms with E-state index in [1.165, 1.54) is 37.7 Å². The van der Waals surface area contributed by atoms with Gasteiger partial charge in [0.25, 0.3) is 5.17 Å². The van der Waals surface area contributed by atoms with Crippen LogP contribution in [0.15, 0.2) is 54.6 Å². The number of aryl methyl sites for hydroxylation is 1. The fourth-order valence-corrected chi connectivity index (χ4v) is 4.95. The highest BCUT2D eigenvalue weighted by Gasteiger charge is 2.21. The van der Waals surface area contributed by atoms with Crippen LogP contribution in [0.25, 0.3) is 0 Å². The summed E-state index contributed by atoms with van der Waals surface area (Å²) < 4.78 is 17.0. The molecule has 0 bridgehead atoms. The molecule has 3 rings (SSSR count). The van der Waals surface area contributed by atoms with Crippen molar-refractivity contribution in [2.45, 2.75) is 77.4 Å². The van der Waals surface area contributed by atoms with Crippen molar-refractivity contribution in [3.8, 4) is 0 Å². The highest BCUT2D eigenvalue weighted by molar-refractivity contribution is 7.80. The second-order valence-corrected chi connectivity index (χ2v) is 9.82. The van der Waals surface area contributed by atoms with Gasteiger partial charge in [-0.15, -0.1) is 0 Å². The van der Waals surface area contributed by atoms with E-state index in [2.05, 4.69) is 41.7 Å². The van der Waals surface area contributed by atoms with Crippen LogP contribution in [0.3, 0.4) is 0 Å². The molecule has 0 saturated heterocycles. The van der Waals surface area contributed by atoms with Crippen LogP contribution < -0.4 is 5.32 Å². The molecule has 0 aliphatic heterocycles. The average Bonchev–Trinajstić information content (AvgIpc) is 2.91. The van der Waals surface area contributed by atoms with Gasteiger partial charge in [0.1, 0.15) is 6.10 Å². The minimum atomic E-state index is -0.571. The maximum absolute atomic E-state index is 12.2. The molecule has 0 aromatic heterocycles. The molecule has 0 amide bonds. The van der Waals surface area contributed by atoms with E-state index in [9.17, 15) is 4.79 Å². The van der Waals surface area contributed by atoms with Crippen LogP contribution in [0, 0.1) is 5.92 Å². The molecule has 1 aliphatic carbocycles. The van der Waals surface area contributed by atoms with E-state index in [0.717, 1.165) is 30.5 Å². The predicted molar refractivity (Wildman–Crippen MR) is 148 cm³/mol. The number of hydrogen-bond donors (Lipinski definition) is 1. The zero-order chi connectivity index (χ0) is 25.6. The van der Waals surface area contributed by atoms with Gasteiger partial charge in [0.15, 0.2) is 6.10 Å². The van der Waals surface area contributed by atoms with Crippen LogP contribution in [0.1, 0.15) is 75.2 Å². The van der Waals surface area contributed by atoms with Crippen LogP contribution in [-0.4, -0.2) is 37.0 Å². The molecular formula is C30H41NO4S. The third-order valence-corrected chi connectivity index (χ3v) is 6.98. The van der Waals surface area contributed by atoms with E-state index >= 15 is 0 Å². The number of thiocarbonyl (C=S) groups is 1. The number of esters is 1. The second-order valence-electron chi connectivity index (χ2n) is 9.44. The topological polar surface area (TPSA) is 56.8 Å². The Morgan fingerprint density at radius 3 is 2.33 bits per heavy atom. The molecule has 0 spiro atoms. The molecule has 36 heavy (non-hydrogen) atoms. The smallest absolute Gasteiger partial charge is 0.335 e. The summed E-state index contributed by atoms with van der Waals surface area (Å²) in [6.45, 7) is 5.42. The molecule has 0 radical (unpaired) electrons. The monoisotopic (exact) mass is 511 g/mol. The normalized spacial score (nSPS) is 15.6. The highest BCUT2D eigenvalue weighted by atomic mass is 32.1. The van der Waals surface area contributed by atoms with Gasteiger partial charge in [-0.1, -0.05) is 73.9 Å². The van der Waals surface area contributed by atoms with Gasteiger partial charge in [0.05, 0.1) is 6.61 Å². The van der Waals surface area contributed by atoms with E-state index in [1.807, 2.05) is 32.0 Å². The Balaban J connectivity index is 1.55. The first-order valence-corrected chi connectivity index (χ1v) is 13.8. The number of carbonyl (C=O) groups is 1. The van der Waals surface area contributed by atoms with Gasteiger partial charge in [-0.05, 0) is 74.4 Å². The summed E-state index contributed by atoms with van der Waals surface area (Å²) in [6, 6.07) is 18.7. The lowest BCUT2D eigenvalue weighted by atomic mass is 9.89. The van der Waals surface area contributed by atoms with Crippen molar-refractivity contribution >= 4 is 23.4 Å². The summed E-state index contributed by atoms with van der Waals surface area (Å²) in [5.41, 5.74) is 3.40. The van der Waals surface area contributed by atoms with Crippen molar-refractivity contribution in [1.82, 2.24) is 5.32 Å². The first-order chi connectivity index (χ1) is 17.6. The minimum Gasteiger partial charge on any atom is -0.464 e. The lowest BCUT2D eigenvalue weighted by Crippen LogP contribution is -2.31. The van der Waals surface area contributed by atoms with Crippen LogP contribution in [-0.2, 0) is 31.8 Å². The molecule has 1 N–H and O–H groups in total. The Morgan fingerprint density at radius 1 is 0.972 bits per heavy atom. The summed E-state index contributed by atoms with van der Waals surface area (Å²) >= 11 is 5.56. The number of carbonyl (C=O) groups excluding carboxylic acids is 1. The Kier molecular flexibility index (Phi) is 12.2. The van der Waals surface area contributed by atoms with Crippen LogP contribution >= 0.6 is 12.2 Å². The Bertz CT molecular complexity index is 912. The van der Waals surface area contributed by atoms with E-state index in [4.69, 9.17) is 26.4 Å². The van der Waals surface area contributed by atoms with Crippen molar-refractivity contribution in [3.63, 3.8) is 0 Å². The van der Waals surface area contributed by atoms with Crippen LogP contribution in [0.2, 0.25) is 0 Å². The predicted octanol–water partition coefficient (Wildman–Crippen LogP) is 6.34. The first kappa shape index (κ1) is 28.1. The molecule has 1 aliphatic rings. The molecular weight excluding hydrogens is 470 g/mol. The van der Waals surface area contributed by atoms with Crippen molar-refractivity contribution in [1.29, 1.82) is 0 Å². The molecule has 0 heterocycles. The standard InChI is InChI=1S/C30H41NO4S/c1-3-33-28(29(32)34-4-2)21-24-17-15-23(16-18-24)19-20-27(26-13-9-6-10-14-26)35-30(36)31-22-25-11-7-5-8-12-25/h6,9-10,13-18,25,27-28H,3-5,7-8,11-12,19-22H2,1-2H3,(H,31,36)/t27?,28-/m0/s1. The maximum Gasteiger partial charge on any atom is 0.335 e. The molecule has 196 valence electrons. The van der Waals surface area contributed by atoms with Gasteiger partial charge in [-0.3, -0.25) is 0 Å². The molecule has 5 nitrogen and oxygen atoms in total. The molecule has 2 atom stereocenters. The molecule has 1 unspecified atom stereocenters. The number of hydrogen-bond acceptors (Lipinski definition) is 5. The lowest BCUT2D eigenvalue weighted by Gasteiger charge is -2.24. The summed E-state index contributed by atoms with van der Waals surface area (Å²) in [6.07, 6.45) is 8.05. The Morgan fingerprint density at radius 2 is 1.67 bits per heavy atom. The second kappa shape index (κ2) is 15.6. The number of benzene rings is 2. The zero-order valence-corrected chi connectivity index (χ0v) is 22.6. The fourth-order valence-electron chi connectivity index (χ4n) is 4.75. The number of ether oxygens (including phenoxy) is 3. The average molecular weight is 512 g/mol. The largest absolute Gasteiger partial charge is 0.464 e. The maximum atomic E-state index is 12.2. The summed E-state index contributed by atoms with van der Waals surface area (Å²) in [4.78, 5) is 12.2. The Hall–Kier alpha value is -2.44. The quantitative estimate of drug-likeness (QED) is 0.250. The third kappa shape index (κ3) is 9.55. The van der Waals surface area contributed by atoms with Crippen LogP contribution in [0.5, 0.6) is 0 Å². The van der Waals surface area contributed by atoms with E-state index in [1.54, 1.807) is 0 Å². The molecule has 2 aromatic rings. The van der Waals surface area contributed by atoms with E-state index in [0.29, 0.717) is 30.7 Å². The van der Waals surface area contributed by atoms with Gasteiger partial charge < -0.3 is 19.5 Å². The SMILES string of the molecule is CCOC(=O)[C@H](Cc1ccc(CCC(OC(=S)NCC2CCCCC2)c2ccccc2)cc1)OCC. The van der Waals surface area contributed by atoms with Crippen molar-refractivity contribution in [2.75, 3.05) is 19.8 Å². The van der Waals surface area contributed by atoms with Gasteiger partial charge in [0, 0.05) is 19.6 Å². The molecule has 6 heteroatoms. The summed E-state index contributed by atoms with van der Waals surface area (Å²) in [5, 5.41) is 3.86. The molecule has 1 saturated carbocycles. The molecule has 2 aromatic carbocycles. The van der Waals surface area contributed by atoms with Crippen molar-refractivity contribution in [3.05, 3.63) is 71.3 Å². The first-order valence-electron chi connectivity index (χ1n) is 13.4. The zero-order valence-electron chi connectivity index (χ0n) is 21.7. The highest BCUT2D eigenvalue weighted by Crippen LogP contribution is 2.25. The van der Waals surface area contributed by atoms with Crippen molar-refractivity contribution < 1.29 is 19.0 Å². The summed E-state index contributed by atoms with van der Waals surface area (Å²) in [5.74, 6) is 0.388. The van der Waals surface area contributed by atoms with E-state index in [-0.39, 0.29) is 12.1 Å².